The summed E-state index contributed by atoms with van der Waals surface area (Å²) in [7, 11) is 0. The minimum absolute atomic E-state index is 0.193. The number of nitro benzene ring substituents is 1. The molecule has 0 spiro atoms. The van der Waals surface area contributed by atoms with Crippen molar-refractivity contribution in [1.29, 1.82) is 0 Å². The highest BCUT2D eigenvalue weighted by Gasteiger charge is 2.25. The molecule has 0 amide bonds. The monoisotopic (exact) mass is 360 g/mol. The van der Waals surface area contributed by atoms with Gasteiger partial charge in [0.25, 0.3) is 5.69 Å². The van der Waals surface area contributed by atoms with Crippen LogP contribution >= 0.6 is 22.6 Å². The van der Waals surface area contributed by atoms with Crippen LogP contribution in [0.15, 0.2) is 18.2 Å². The zero-order valence-corrected chi connectivity index (χ0v) is 12.8. The summed E-state index contributed by atoms with van der Waals surface area (Å²) in [4.78, 5) is 12.8. The number of halogens is 1. The van der Waals surface area contributed by atoms with Crippen LogP contribution < -0.4 is 4.90 Å². The van der Waals surface area contributed by atoms with E-state index in [-0.39, 0.29) is 10.6 Å². The Morgan fingerprint density at radius 1 is 1.50 bits per heavy atom. The fraction of sp³-hybridized carbons (Fsp3) is 0.538. The predicted octanol–water partition coefficient (Wildman–Crippen LogP) is 3.68. The lowest BCUT2D eigenvalue weighted by Crippen LogP contribution is -2.21. The van der Waals surface area contributed by atoms with Crippen molar-refractivity contribution < 1.29 is 4.92 Å². The first-order valence-corrected chi connectivity index (χ1v) is 7.26. The molecule has 0 bridgehead atoms. The number of nitrogens with zero attached hydrogens (tertiary/aromatic N) is 2. The van der Waals surface area contributed by atoms with Crippen molar-refractivity contribution in [2.75, 3.05) is 18.0 Å². The summed E-state index contributed by atoms with van der Waals surface area (Å²) >= 11 is 2.04. The molecule has 0 aliphatic carbocycles. The number of hydrogen-bond acceptors (Lipinski definition) is 3. The third-order valence-corrected chi connectivity index (χ3v) is 4.52. The van der Waals surface area contributed by atoms with Gasteiger partial charge in [0.05, 0.1) is 8.49 Å². The molecule has 0 aromatic heterocycles. The van der Waals surface area contributed by atoms with Crippen molar-refractivity contribution in [2.24, 2.45) is 11.8 Å². The van der Waals surface area contributed by atoms with Crippen molar-refractivity contribution in [3.63, 3.8) is 0 Å². The van der Waals surface area contributed by atoms with Gasteiger partial charge in [-0.2, -0.15) is 0 Å². The second-order valence-electron chi connectivity index (χ2n) is 5.13. The molecule has 2 rings (SSSR count). The van der Waals surface area contributed by atoms with Gasteiger partial charge in [0.2, 0.25) is 0 Å². The predicted molar refractivity (Wildman–Crippen MR) is 81.0 cm³/mol. The lowest BCUT2D eigenvalue weighted by molar-refractivity contribution is -0.385. The first-order valence-electron chi connectivity index (χ1n) is 6.18. The maximum Gasteiger partial charge on any atom is 0.282 e. The molecule has 0 saturated carbocycles. The van der Waals surface area contributed by atoms with Crippen LogP contribution in [0.4, 0.5) is 11.4 Å². The highest BCUT2D eigenvalue weighted by Crippen LogP contribution is 2.31. The molecule has 1 fully saturated rings. The molecule has 5 heteroatoms. The number of nitro groups is 1. The molecule has 1 unspecified atom stereocenters. The van der Waals surface area contributed by atoms with Gasteiger partial charge in [-0.25, -0.2) is 0 Å². The first-order chi connectivity index (χ1) is 8.49. The topological polar surface area (TPSA) is 46.4 Å². The van der Waals surface area contributed by atoms with E-state index < -0.39 is 0 Å². The molecule has 0 radical (unpaired) electrons. The Labute approximate surface area is 121 Å². The lowest BCUT2D eigenvalue weighted by Gasteiger charge is -2.20. The Morgan fingerprint density at radius 2 is 2.22 bits per heavy atom. The summed E-state index contributed by atoms with van der Waals surface area (Å²) in [5.74, 6) is 1.44. The highest BCUT2D eigenvalue weighted by atomic mass is 127. The number of hydrogen-bond donors (Lipinski definition) is 0. The third-order valence-electron chi connectivity index (χ3n) is 3.66. The van der Waals surface area contributed by atoms with E-state index in [1.807, 2.05) is 34.7 Å². The van der Waals surface area contributed by atoms with Gasteiger partial charge in [-0.3, -0.25) is 10.1 Å². The SMILES string of the molecule is CC(C)C1CCN(c2ccc([N+](=O)[O-])c(I)c2)C1. The maximum absolute atomic E-state index is 10.8. The summed E-state index contributed by atoms with van der Waals surface area (Å²) in [6.07, 6.45) is 1.21. The van der Waals surface area contributed by atoms with Crippen LogP contribution in [-0.2, 0) is 0 Å². The molecule has 1 aromatic carbocycles. The molecule has 18 heavy (non-hydrogen) atoms. The van der Waals surface area contributed by atoms with Crippen LogP contribution in [0.25, 0.3) is 0 Å². The molecule has 0 N–H and O–H groups in total. The fourth-order valence-corrected chi connectivity index (χ4v) is 3.10. The van der Waals surface area contributed by atoms with Crippen molar-refractivity contribution >= 4 is 34.0 Å². The van der Waals surface area contributed by atoms with Gasteiger partial charge in [0.1, 0.15) is 0 Å². The van der Waals surface area contributed by atoms with E-state index in [1.165, 1.54) is 6.42 Å². The zero-order chi connectivity index (χ0) is 13.3. The minimum atomic E-state index is -0.327. The Balaban J connectivity index is 2.16. The molecule has 1 aliphatic rings. The second kappa shape index (κ2) is 5.42. The summed E-state index contributed by atoms with van der Waals surface area (Å²) in [6, 6.07) is 5.39. The van der Waals surface area contributed by atoms with Gasteiger partial charge in [-0.05, 0) is 53.0 Å². The molecule has 1 aromatic rings. The fourth-order valence-electron chi connectivity index (χ4n) is 2.41. The van der Waals surface area contributed by atoms with Crippen LogP contribution in [-0.4, -0.2) is 18.0 Å². The van der Waals surface area contributed by atoms with Crippen LogP contribution in [0.5, 0.6) is 0 Å². The van der Waals surface area contributed by atoms with Crippen LogP contribution in [0.2, 0.25) is 0 Å². The smallest absolute Gasteiger partial charge is 0.282 e. The second-order valence-corrected chi connectivity index (χ2v) is 6.29. The summed E-state index contributed by atoms with van der Waals surface area (Å²) in [5, 5.41) is 10.8. The number of anilines is 1. The molecule has 1 atom stereocenters. The normalized spacial score (nSPS) is 19.6. The van der Waals surface area contributed by atoms with Crippen LogP contribution in [0.3, 0.4) is 0 Å². The van der Waals surface area contributed by atoms with E-state index in [0.717, 1.165) is 24.7 Å². The van der Waals surface area contributed by atoms with E-state index in [1.54, 1.807) is 6.07 Å². The van der Waals surface area contributed by atoms with Gasteiger partial charge in [-0.15, -0.1) is 0 Å². The van der Waals surface area contributed by atoms with E-state index in [9.17, 15) is 10.1 Å². The molecule has 1 saturated heterocycles. The number of benzene rings is 1. The molecular weight excluding hydrogens is 343 g/mol. The minimum Gasteiger partial charge on any atom is -0.371 e. The van der Waals surface area contributed by atoms with E-state index in [4.69, 9.17) is 0 Å². The molecular formula is C13H17IN2O2. The van der Waals surface area contributed by atoms with E-state index >= 15 is 0 Å². The van der Waals surface area contributed by atoms with Gasteiger partial charge < -0.3 is 4.90 Å². The zero-order valence-electron chi connectivity index (χ0n) is 10.6. The summed E-state index contributed by atoms with van der Waals surface area (Å²) in [6.45, 7) is 6.63. The largest absolute Gasteiger partial charge is 0.371 e. The van der Waals surface area contributed by atoms with E-state index in [0.29, 0.717) is 9.49 Å². The maximum atomic E-state index is 10.8. The summed E-state index contributed by atoms with van der Waals surface area (Å²) in [5.41, 5.74) is 1.30. The Kier molecular flexibility index (Phi) is 4.09. The molecule has 4 nitrogen and oxygen atoms in total. The highest BCUT2D eigenvalue weighted by molar-refractivity contribution is 14.1. The van der Waals surface area contributed by atoms with E-state index in [2.05, 4.69) is 18.7 Å². The van der Waals surface area contributed by atoms with Crippen LogP contribution in [0.1, 0.15) is 20.3 Å². The standard InChI is InChI=1S/C13H17IN2O2/c1-9(2)10-5-6-15(8-10)11-3-4-13(16(17)18)12(14)7-11/h3-4,7,9-10H,5-6,8H2,1-2H3. The van der Waals surface area contributed by atoms with Gasteiger partial charge in [-0.1, -0.05) is 13.8 Å². The van der Waals surface area contributed by atoms with Crippen molar-refractivity contribution in [3.05, 3.63) is 31.9 Å². The molecule has 98 valence electrons. The lowest BCUT2D eigenvalue weighted by atomic mass is 9.95. The van der Waals surface area contributed by atoms with Gasteiger partial charge in [0, 0.05) is 24.8 Å². The van der Waals surface area contributed by atoms with Gasteiger partial charge >= 0.3 is 0 Å². The molecule has 1 aliphatic heterocycles. The first kappa shape index (κ1) is 13.6. The van der Waals surface area contributed by atoms with Crippen LogP contribution in [0, 0.1) is 25.5 Å². The average Bonchev–Trinajstić information content (AvgIpc) is 2.77. The average molecular weight is 360 g/mol. The quantitative estimate of drug-likeness (QED) is 0.469. The van der Waals surface area contributed by atoms with Gasteiger partial charge in [0.15, 0.2) is 0 Å². The molecule has 1 heterocycles. The van der Waals surface area contributed by atoms with Crippen molar-refractivity contribution in [3.8, 4) is 0 Å². The Bertz CT molecular complexity index is 462. The van der Waals surface area contributed by atoms with Crippen molar-refractivity contribution in [1.82, 2.24) is 0 Å². The number of rotatable bonds is 3. The Hall–Kier alpha value is -0.850. The van der Waals surface area contributed by atoms with Crippen molar-refractivity contribution in [2.45, 2.75) is 20.3 Å². The third kappa shape index (κ3) is 2.76. The Morgan fingerprint density at radius 3 is 2.72 bits per heavy atom. The summed E-state index contributed by atoms with van der Waals surface area (Å²) < 4.78 is 0.711.